The second-order valence-electron chi connectivity index (χ2n) is 5.68. The summed E-state index contributed by atoms with van der Waals surface area (Å²) in [7, 11) is 2.16. The topological polar surface area (TPSA) is 21.1 Å². The van der Waals surface area contributed by atoms with Crippen molar-refractivity contribution < 1.29 is 0 Å². The van der Waals surface area contributed by atoms with Crippen molar-refractivity contribution in [3.8, 4) is 0 Å². The lowest BCUT2D eigenvalue weighted by atomic mass is 10.3. The highest BCUT2D eigenvalue weighted by atomic mass is 35.5. The molecule has 0 saturated carbocycles. The summed E-state index contributed by atoms with van der Waals surface area (Å²) in [4.78, 5) is 7.04. The minimum absolute atomic E-state index is 0.571. The molecule has 0 unspecified atom stereocenters. The van der Waals surface area contributed by atoms with E-state index in [1.165, 1.54) is 0 Å². The van der Waals surface area contributed by atoms with Crippen LogP contribution in [0.15, 0.2) is 18.2 Å². The van der Waals surface area contributed by atoms with E-state index in [0.717, 1.165) is 47.8 Å². The van der Waals surface area contributed by atoms with Gasteiger partial charge in [0.25, 0.3) is 0 Å². The minimum atomic E-state index is 0.571. The second kappa shape index (κ2) is 7.48. The number of imidazole rings is 1. The first-order valence-electron chi connectivity index (χ1n) is 7.43. The number of alkyl halides is 1. The van der Waals surface area contributed by atoms with Crippen LogP contribution >= 0.6 is 23.2 Å². The van der Waals surface area contributed by atoms with Crippen molar-refractivity contribution >= 4 is 34.2 Å². The third-order valence-electron chi connectivity index (χ3n) is 3.88. The summed E-state index contributed by atoms with van der Waals surface area (Å²) in [5.74, 6) is 1.64. The molecule has 0 radical (unpaired) electrons. The quantitative estimate of drug-likeness (QED) is 0.710. The van der Waals surface area contributed by atoms with Crippen LogP contribution in [0, 0.1) is 0 Å². The van der Waals surface area contributed by atoms with Crippen molar-refractivity contribution in [3.63, 3.8) is 0 Å². The van der Waals surface area contributed by atoms with Crippen molar-refractivity contribution in [2.75, 3.05) is 19.5 Å². The predicted octanol–water partition coefficient (Wildman–Crippen LogP) is 4.20. The molecule has 0 atom stereocenters. The maximum atomic E-state index is 6.13. The number of aromatic nitrogens is 2. The van der Waals surface area contributed by atoms with Crippen LogP contribution < -0.4 is 0 Å². The molecule has 2 aromatic rings. The SMILES string of the molecule is CC(C)N(C)CCCn1c(CCCl)nc2ccc(Cl)cc21. The van der Waals surface area contributed by atoms with Gasteiger partial charge in [-0.05, 0) is 52.1 Å². The van der Waals surface area contributed by atoms with E-state index in [9.17, 15) is 0 Å². The molecule has 5 heteroatoms. The molecular weight excluding hydrogens is 305 g/mol. The Labute approximate surface area is 136 Å². The fraction of sp³-hybridized carbons (Fsp3) is 0.562. The van der Waals surface area contributed by atoms with Gasteiger partial charge >= 0.3 is 0 Å². The molecule has 21 heavy (non-hydrogen) atoms. The second-order valence-corrected chi connectivity index (χ2v) is 6.49. The number of benzene rings is 1. The van der Waals surface area contributed by atoms with Crippen LogP contribution in [0.3, 0.4) is 0 Å². The van der Waals surface area contributed by atoms with E-state index in [-0.39, 0.29) is 0 Å². The molecule has 0 aliphatic rings. The number of halogens is 2. The van der Waals surface area contributed by atoms with E-state index in [1.54, 1.807) is 0 Å². The summed E-state index contributed by atoms with van der Waals surface area (Å²) in [6.45, 7) is 6.44. The highest BCUT2D eigenvalue weighted by Gasteiger charge is 2.11. The van der Waals surface area contributed by atoms with E-state index >= 15 is 0 Å². The predicted molar refractivity (Wildman–Crippen MR) is 91.6 cm³/mol. The number of rotatable bonds is 7. The lowest BCUT2D eigenvalue weighted by molar-refractivity contribution is 0.265. The van der Waals surface area contributed by atoms with Crippen LogP contribution in [0.4, 0.5) is 0 Å². The first-order chi connectivity index (χ1) is 10.0. The monoisotopic (exact) mass is 327 g/mol. The highest BCUT2D eigenvalue weighted by molar-refractivity contribution is 6.31. The van der Waals surface area contributed by atoms with Crippen molar-refractivity contribution in [2.24, 2.45) is 0 Å². The Morgan fingerprint density at radius 1 is 1.33 bits per heavy atom. The Hall–Kier alpha value is -0.770. The molecule has 2 rings (SSSR count). The zero-order valence-electron chi connectivity index (χ0n) is 12.9. The highest BCUT2D eigenvalue weighted by Crippen LogP contribution is 2.21. The molecule has 0 saturated heterocycles. The van der Waals surface area contributed by atoms with Crippen LogP contribution in [-0.2, 0) is 13.0 Å². The van der Waals surface area contributed by atoms with E-state index in [0.29, 0.717) is 11.9 Å². The Bertz CT molecular complexity index is 592. The largest absolute Gasteiger partial charge is 0.328 e. The average molecular weight is 328 g/mol. The summed E-state index contributed by atoms with van der Waals surface area (Å²) in [5, 5.41) is 0.750. The number of hydrogen-bond acceptors (Lipinski definition) is 2. The van der Waals surface area contributed by atoms with Crippen molar-refractivity contribution in [1.29, 1.82) is 0 Å². The first kappa shape index (κ1) is 16.6. The van der Waals surface area contributed by atoms with Gasteiger partial charge in [0.05, 0.1) is 11.0 Å². The van der Waals surface area contributed by atoms with Gasteiger partial charge in [0.2, 0.25) is 0 Å². The van der Waals surface area contributed by atoms with Gasteiger partial charge in [-0.3, -0.25) is 0 Å². The van der Waals surface area contributed by atoms with Gasteiger partial charge in [0.1, 0.15) is 5.82 Å². The van der Waals surface area contributed by atoms with Gasteiger partial charge < -0.3 is 9.47 Å². The molecule has 0 N–H and O–H groups in total. The summed E-state index contributed by atoms with van der Waals surface area (Å²) < 4.78 is 2.26. The van der Waals surface area contributed by atoms with Crippen molar-refractivity contribution in [3.05, 3.63) is 29.0 Å². The number of nitrogens with zero attached hydrogens (tertiary/aromatic N) is 3. The molecule has 3 nitrogen and oxygen atoms in total. The molecule has 116 valence electrons. The molecule has 0 aliphatic carbocycles. The third-order valence-corrected chi connectivity index (χ3v) is 4.31. The lowest BCUT2D eigenvalue weighted by Crippen LogP contribution is -2.28. The zero-order valence-corrected chi connectivity index (χ0v) is 14.5. The van der Waals surface area contributed by atoms with Gasteiger partial charge in [-0.1, -0.05) is 11.6 Å². The van der Waals surface area contributed by atoms with Crippen LogP contribution in [0.2, 0.25) is 5.02 Å². The number of aryl methyl sites for hydroxylation is 2. The summed E-state index contributed by atoms with van der Waals surface area (Å²) in [5.41, 5.74) is 2.10. The zero-order chi connectivity index (χ0) is 15.4. The van der Waals surface area contributed by atoms with Gasteiger partial charge in [-0.2, -0.15) is 0 Å². The summed E-state index contributed by atoms with van der Waals surface area (Å²) in [6, 6.07) is 6.43. The molecule has 1 heterocycles. The van der Waals surface area contributed by atoms with Crippen molar-refractivity contribution in [2.45, 2.75) is 39.3 Å². The van der Waals surface area contributed by atoms with Crippen LogP contribution in [0.5, 0.6) is 0 Å². The maximum absolute atomic E-state index is 6.13. The fourth-order valence-electron chi connectivity index (χ4n) is 2.41. The van der Waals surface area contributed by atoms with E-state index in [2.05, 4.69) is 35.3 Å². The smallest absolute Gasteiger partial charge is 0.111 e. The Morgan fingerprint density at radius 2 is 2.10 bits per heavy atom. The Kier molecular flexibility index (Phi) is 5.91. The van der Waals surface area contributed by atoms with E-state index < -0.39 is 0 Å². The Morgan fingerprint density at radius 3 is 2.76 bits per heavy atom. The van der Waals surface area contributed by atoms with Gasteiger partial charge in [0, 0.05) is 29.9 Å². The summed E-state index contributed by atoms with van der Waals surface area (Å²) in [6.07, 6.45) is 1.87. The van der Waals surface area contributed by atoms with E-state index in [4.69, 9.17) is 23.2 Å². The van der Waals surface area contributed by atoms with Crippen LogP contribution in [-0.4, -0.2) is 40.0 Å². The van der Waals surface area contributed by atoms with Crippen LogP contribution in [0.25, 0.3) is 11.0 Å². The maximum Gasteiger partial charge on any atom is 0.111 e. The Balaban J connectivity index is 2.19. The normalized spacial score (nSPS) is 12.0. The molecule has 1 aromatic heterocycles. The van der Waals surface area contributed by atoms with E-state index in [1.807, 2.05) is 18.2 Å². The molecule has 0 bridgehead atoms. The molecule has 0 spiro atoms. The number of fused-ring (bicyclic) bond motifs is 1. The molecular formula is C16H23Cl2N3. The number of hydrogen-bond donors (Lipinski definition) is 0. The van der Waals surface area contributed by atoms with Gasteiger partial charge in [0.15, 0.2) is 0 Å². The third kappa shape index (κ3) is 4.12. The summed E-state index contributed by atoms with van der Waals surface area (Å²) >= 11 is 12.0. The van der Waals surface area contributed by atoms with Crippen LogP contribution in [0.1, 0.15) is 26.1 Å². The van der Waals surface area contributed by atoms with Gasteiger partial charge in [-0.25, -0.2) is 4.98 Å². The molecule has 0 aliphatic heterocycles. The van der Waals surface area contributed by atoms with Crippen molar-refractivity contribution in [1.82, 2.24) is 14.5 Å². The minimum Gasteiger partial charge on any atom is -0.328 e. The molecule has 0 amide bonds. The molecule has 0 fully saturated rings. The average Bonchev–Trinajstić information content (AvgIpc) is 2.76. The standard InChI is InChI=1S/C16H23Cl2N3/c1-12(2)20(3)9-4-10-21-15-11-13(18)5-6-14(15)19-16(21)7-8-17/h5-6,11-12H,4,7-10H2,1-3H3. The fourth-order valence-corrected chi connectivity index (χ4v) is 2.74. The molecule has 1 aromatic carbocycles. The first-order valence-corrected chi connectivity index (χ1v) is 8.35. The van der Waals surface area contributed by atoms with Gasteiger partial charge in [-0.15, -0.1) is 11.6 Å². The lowest BCUT2D eigenvalue weighted by Gasteiger charge is -2.21.